The number of aryl methyl sites for hydroxylation is 1. The number of rotatable bonds is 8. The minimum absolute atomic E-state index is 0.352. The highest BCUT2D eigenvalue weighted by Gasteiger charge is 2.18. The Morgan fingerprint density at radius 2 is 0.871 bits per heavy atom. The molecule has 0 amide bonds. The van der Waals surface area contributed by atoms with Crippen molar-refractivity contribution in [3.63, 3.8) is 0 Å². The lowest BCUT2D eigenvalue weighted by Crippen LogP contribution is -2.36. The number of benzene rings is 5. The van der Waals surface area contributed by atoms with Gasteiger partial charge in [0.15, 0.2) is 0 Å². The van der Waals surface area contributed by atoms with Gasteiger partial charge in [0.25, 0.3) is 0 Å². The molecule has 4 aromatic heterocycles. The summed E-state index contributed by atoms with van der Waals surface area (Å²) in [6, 6.07) is 65.5. The number of hydrazone groups is 1. The molecule has 1 aliphatic rings. The number of hydrogen-bond acceptors (Lipinski definition) is 3. The van der Waals surface area contributed by atoms with E-state index in [9.17, 15) is 0 Å². The van der Waals surface area contributed by atoms with Gasteiger partial charge in [0, 0.05) is 66.5 Å². The van der Waals surface area contributed by atoms with Crippen molar-refractivity contribution in [2.24, 2.45) is 5.10 Å². The monoisotopic (exact) mass is 822 g/mol. The highest BCUT2D eigenvalue weighted by atomic mass is 32.1. The summed E-state index contributed by atoms with van der Waals surface area (Å²) in [5.41, 5.74) is 24.6. The minimum atomic E-state index is 0.352. The molecule has 0 unspecified atom stereocenters. The van der Waals surface area contributed by atoms with Gasteiger partial charge in [-0.15, -0.1) is 0 Å². The molecule has 0 radical (unpaired) electrons. The third-order valence-electron chi connectivity index (χ3n) is 11.0. The van der Waals surface area contributed by atoms with Crippen LogP contribution in [0, 0.1) is 6.92 Å². The lowest BCUT2D eigenvalue weighted by atomic mass is 10.0. The molecular formula is C53H42N8S. The molecule has 0 spiro atoms. The van der Waals surface area contributed by atoms with E-state index in [1.807, 2.05) is 31.2 Å². The maximum Gasteiger partial charge on any atom is 0.205 e. The summed E-state index contributed by atoms with van der Waals surface area (Å²) in [5.74, 6) is 0. The van der Waals surface area contributed by atoms with Crippen LogP contribution in [0.1, 0.15) is 56.2 Å². The standard InChI is InChI=1S/C53H42N8S/c1-34-12-11-19-40(32-34)59-61-53(62)60-54-33-35-20-22-39(23-21-35)52-47-30-28-45(57-47)50(37-15-7-3-8-16-37)43-26-24-41(55-43)49(36-13-5-2-6-14-36)42-25-27-44(56-42)51(38-17-9-4-10-18-38)46-29-31-48(52)58-46/h2-33,55-59H,1H3,(H2,60,61,62). The van der Waals surface area contributed by atoms with Gasteiger partial charge in [0.2, 0.25) is 5.11 Å². The Balaban J connectivity index is 1.12. The van der Waals surface area contributed by atoms with Gasteiger partial charge in [-0.2, -0.15) is 5.10 Å². The van der Waals surface area contributed by atoms with E-state index in [1.54, 1.807) is 6.21 Å². The molecule has 0 fully saturated rings. The molecule has 300 valence electrons. The summed E-state index contributed by atoms with van der Waals surface area (Å²) in [4.78, 5) is 15.4. The van der Waals surface area contributed by atoms with Gasteiger partial charge in [-0.05, 0) is 113 Å². The number of hydrogen-bond donors (Lipinski definition) is 7. The van der Waals surface area contributed by atoms with E-state index in [2.05, 4.69) is 205 Å². The van der Waals surface area contributed by atoms with Crippen molar-refractivity contribution < 1.29 is 0 Å². The molecule has 0 aliphatic carbocycles. The molecule has 5 aromatic carbocycles. The summed E-state index contributed by atoms with van der Waals surface area (Å²) in [5, 5.41) is 8.73. The number of nitrogens with zero attached hydrogens (tertiary/aromatic N) is 1. The third kappa shape index (κ3) is 7.83. The summed E-state index contributed by atoms with van der Waals surface area (Å²) in [6.07, 6.45) is 1.76. The number of aromatic amines is 4. The van der Waals surface area contributed by atoms with Crippen LogP contribution >= 0.6 is 12.2 Å². The number of hydrazine groups is 1. The Kier molecular flexibility index (Phi) is 10.3. The van der Waals surface area contributed by atoms with E-state index < -0.39 is 0 Å². The predicted octanol–water partition coefficient (Wildman–Crippen LogP) is 7.44. The summed E-state index contributed by atoms with van der Waals surface area (Å²) < 4.78 is 0. The summed E-state index contributed by atoms with van der Waals surface area (Å²) in [6.45, 7) is 2.04. The first kappa shape index (κ1) is 38.1. The highest BCUT2D eigenvalue weighted by molar-refractivity contribution is 7.80. The van der Waals surface area contributed by atoms with Crippen molar-refractivity contribution in [1.82, 2.24) is 30.8 Å². The summed E-state index contributed by atoms with van der Waals surface area (Å²) >= 11 is 5.44. The van der Waals surface area contributed by atoms with Crippen molar-refractivity contribution in [2.75, 3.05) is 5.43 Å². The van der Waals surface area contributed by atoms with E-state index in [-0.39, 0.29) is 0 Å². The molecule has 5 heterocycles. The normalized spacial score (nSPS) is 12.5. The minimum Gasteiger partial charge on any atom is -0.354 e. The first-order chi connectivity index (χ1) is 30.5. The van der Waals surface area contributed by atoms with Crippen LogP contribution in [0.25, 0.3) is 22.3 Å². The summed E-state index contributed by atoms with van der Waals surface area (Å²) in [7, 11) is 0. The predicted molar refractivity (Wildman–Crippen MR) is 255 cm³/mol. The van der Waals surface area contributed by atoms with E-state index in [1.165, 1.54) is 0 Å². The van der Waals surface area contributed by atoms with Crippen LogP contribution in [-0.2, 0) is 0 Å². The third-order valence-corrected chi connectivity index (χ3v) is 11.2. The Bertz CT molecular complexity index is 3330. The maximum atomic E-state index is 5.44. The zero-order valence-corrected chi connectivity index (χ0v) is 34.6. The van der Waals surface area contributed by atoms with Crippen LogP contribution in [-0.4, -0.2) is 31.3 Å². The molecule has 9 aromatic rings. The van der Waals surface area contributed by atoms with Crippen molar-refractivity contribution in [2.45, 2.75) is 6.92 Å². The fraction of sp³-hybridized carbons (Fsp3) is 0.0189. The topological polar surface area (TPSA) is 112 Å². The lowest BCUT2D eigenvalue weighted by molar-refractivity contribution is 0.970. The Labute approximate surface area is 363 Å². The van der Waals surface area contributed by atoms with Crippen LogP contribution in [0.2, 0.25) is 0 Å². The number of anilines is 1. The van der Waals surface area contributed by atoms with E-state index in [0.717, 1.165) is 106 Å². The second-order valence-electron chi connectivity index (χ2n) is 15.2. The molecule has 62 heavy (non-hydrogen) atoms. The van der Waals surface area contributed by atoms with Gasteiger partial charge in [-0.1, -0.05) is 127 Å². The molecule has 0 saturated carbocycles. The van der Waals surface area contributed by atoms with Gasteiger partial charge in [-0.3, -0.25) is 16.3 Å². The second-order valence-corrected chi connectivity index (χ2v) is 15.6. The van der Waals surface area contributed by atoms with Gasteiger partial charge in [0.05, 0.1) is 11.9 Å². The zero-order chi connectivity index (χ0) is 41.8. The number of nitrogens with one attached hydrogen (secondary N) is 7. The zero-order valence-electron chi connectivity index (χ0n) is 33.8. The average Bonchev–Trinajstić information content (AvgIpc) is 4.16. The SMILES string of the molecule is Cc1cccc(NNC(=S)NN=Cc2ccc(C3=c4ccc([nH]4)=C(c4ccccc4)c4ccc([nH]4)C(c4ccccc4)=c4ccc([nH]4)=C(c4ccccc4)c4ccc3[nH]4)cc2)c1. The van der Waals surface area contributed by atoms with Crippen molar-refractivity contribution in [3.05, 3.63) is 266 Å². The van der Waals surface area contributed by atoms with Crippen molar-refractivity contribution in [1.29, 1.82) is 0 Å². The Hall–Kier alpha value is -8.14. The van der Waals surface area contributed by atoms with Crippen molar-refractivity contribution in [3.8, 4) is 0 Å². The number of thiocarbonyl (C=S) groups is 1. The smallest absolute Gasteiger partial charge is 0.205 e. The number of H-pyrrole nitrogens is 4. The molecule has 10 rings (SSSR count). The fourth-order valence-corrected chi connectivity index (χ4v) is 8.27. The Morgan fingerprint density at radius 3 is 1.29 bits per heavy atom. The quantitative estimate of drug-likeness (QED) is 0.0492. The molecular weight excluding hydrogens is 781 g/mol. The van der Waals surface area contributed by atoms with Crippen molar-refractivity contribution >= 4 is 51.5 Å². The van der Waals surface area contributed by atoms with Gasteiger partial charge in [0.1, 0.15) is 0 Å². The molecule has 7 N–H and O–H groups in total. The van der Waals surface area contributed by atoms with Crippen LogP contribution in [0.5, 0.6) is 0 Å². The van der Waals surface area contributed by atoms with E-state index in [4.69, 9.17) is 12.2 Å². The average molecular weight is 823 g/mol. The van der Waals surface area contributed by atoms with Crippen LogP contribution < -0.4 is 37.7 Å². The van der Waals surface area contributed by atoms with E-state index >= 15 is 0 Å². The van der Waals surface area contributed by atoms with E-state index in [0.29, 0.717) is 5.11 Å². The molecule has 0 atom stereocenters. The van der Waals surface area contributed by atoms with Crippen LogP contribution in [0.15, 0.2) is 193 Å². The number of aromatic nitrogens is 4. The van der Waals surface area contributed by atoms with Gasteiger partial charge < -0.3 is 19.9 Å². The first-order valence-electron chi connectivity index (χ1n) is 20.5. The first-order valence-corrected chi connectivity index (χ1v) is 20.9. The molecule has 9 heteroatoms. The maximum absolute atomic E-state index is 5.44. The van der Waals surface area contributed by atoms with Crippen LogP contribution in [0.3, 0.4) is 0 Å². The second kappa shape index (κ2) is 16.8. The largest absolute Gasteiger partial charge is 0.354 e. The van der Waals surface area contributed by atoms with Gasteiger partial charge in [-0.25, -0.2) is 0 Å². The lowest BCUT2D eigenvalue weighted by Gasteiger charge is -2.10. The fourth-order valence-electron chi connectivity index (χ4n) is 8.17. The Morgan fingerprint density at radius 1 is 0.452 bits per heavy atom. The number of fused-ring (bicyclic) bond motifs is 8. The molecule has 8 nitrogen and oxygen atoms in total. The van der Waals surface area contributed by atoms with Crippen LogP contribution in [0.4, 0.5) is 5.69 Å². The molecule has 0 saturated heterocycles. The van der Waals surface area contributed by atoms with Gasteiger partial charge >= 0.3 is 0 Å². The highest BCUT2D eigenvalue weighted by Crippen LogP contribution is 2.28. The molecule has 8 bridgehead atoms. The molecule has 1 aliphatic heterocycles.